The second kappa shape index (κ2) is 10.6. The smallest absolute Gasteiger partial charge is 0.233 e. The molecule has 0 unspecified atom stereocenters. The van der Waals surface area contributed by atoms with Gasteiger partial charge in [-0.25, -0.2) is 0 Å². The van der Waals surface area contributed by atoms with Crippen molar-refractivity contribution < 1.29 is 13.9 Å². The van der Waals surface area contributed by atoms with Crippen LogP contribution >= 0.6 is 23.4 Å². The van der Waals surface area contributed by atoms with Crippen LogP contribution in [0.3, 0.4) is 0 Å². The van der Waals surface area contributed by atoms with E-state index in [0.717, 1.165) is 17.0 Å². The monoisotopic (exact) mass is 482 g/mol. The third-order valence-electron chi connectivity index (χ3n) is 4.82. The lowest BCUT2D eigenvalue weighted by Crippen LogP contribution is -2.30. The molecule has 0 aliphatic rings. The fourth-order valence-electron chi connectivity index (χ4n) is 3.20. The first-order valence-electron chi connectivity index (χ1n) is 10.5. The summed E-state index contributed by atoms with van der Waals surface area (Å²) in [5.74, 6) is 1.93. The SMILES string of the molecule is CCOc1ccc(-n2c(S[C@H](C)C(=O)NCc3ccco3)nnc2-c2ccccc2Cl)cc1. The van der Waals surface area contributed by atoms with E-state index < -0.39 is 5.25 Å². The topological polar surface area (TPSA) is 82.2 Å². The molecule has 2 heterocycles. The highest BCUT2D eigenvalue weighted by Gasteiger charge is 2.23. The first-order chi connectivity index (χ1) is 16.1. The molecule has 0 aliphatic carbocycles. The van der Waals surface area contributed by atoms with Crippen molar-refractivity contribution in [2.75, 3.05) is 6.61 Å². The molecule has 4 aromatic rings. The number of benzene rings is 2. The molecule has 1 amide bonds. The van der Waals surface area contributed by atoms with Crippen molar-refractivity contribution in [1.29, 1.82) is 0 Å². The summed E-state index contributed by atoms with van der Waals surface area (Å²) in [6, 6.07) is 18.7. The summed E-state index contributed by atoms with van der Waals surface area (Å²) >= 11 is 7.78. The molecule has 0 aliphatic heterocycles. The molecule has 0 radical (unpaired) electrons. The highest BCUT2D eigenvalue weighted by Crippen LogP contribution is 2.33. The highest BCUT2D eigenvalue weighted by molar-refractivity contribution is 8.00. The number of furan rings is 1. The van der Waals surface area contributed by atoms with Gasteiger partial charge in [0.15, 0.2) is 11.0 Å². The van der Waals surface area contributed by atoms with E-state index in [4.69, 9.17) is 20.8 Å². The zero-order valence-electron chi connectivity index (χ0n) is 18.2. The molecule has 2 aromatic heterocycles. The first-order valence-corrected chi connectivity index (χ1v) is 11.7. The van der Waals surface area contributed by atoms with E-state index in [1.165, 1.54) is 11.8 Å². The second-order valence-corrected chi connectivity index (χ2v) is 8.82. The van der Waals surface area contributed by atoms with E-state index in [2.05, 4.69) is 15.5 Å². The van der Waals surface area contributed by atoms with Gasteiger partial charge in [0.25, 0.3) is 0 Å². The van der Waals surface area contributed by atoms with Gasteiger partial charge in [-0.2, -0.15) is 0 Å². The van der Waals surface area contributed by atoms with E-state index in [0.29, 0.717) is 34.9 Å². The number of thioether (sulfide) groups is 1. The van der Waals surface area contributed by atoms with Crippen LogP contribution < -0.4 is 10.1 Å². The molecule has 1 atom stereocenters. The number of rotatable bonds is 9. The minimum absolute atomic E-state index is 0.128. The van der Waals surface area contributed by atoms with Crippen LogP contribution in [0.1, 0.15) is 19.6 Å². The van der Waals surface area contributed by atoms with Crippen LogP contribution in [0.4, 0.5) is 0 Å². The van der Waals surface area contributed by atoms with E-state index in [9.17, 15) is 4.79 Å². The number of aromatic nitrogens is 3. The average Bonchev–Trinajstić information content (AvgIpc) is 3.49. The minimum Gasteiger partial charge on any atom is -0.494 e. The number of carbonyl (C=O) groups is 1. The largest absolute Gasteiger partial charge is 0.494 e. The Morgan fingerprint density at radius 1 is 1.15 bits per heavy atom. The quantitative estimate of drug-likeness (QED) is 0.323. The number of hydrogen-bond donors (Lipinski definition) is 1. The van der Waals surface area contributed by atoms with Crippen LogP contribution in [0.15, 0.2) is 76.5 Å². The van der Waals surface area contributed by atoms with Crippen LogP contribution in [0.25, 0.3) is 17.1 Å². The lowest BCUT2D eigenvalue weighted by Gasteiger charge is -2.14. The van der Waals surface area contributed by atoms with Crippen LogP contribution in [-0.4, -0.2) is 32.5 Å². The van der Waals surface area contributed by atoms with Gasteiger partial charge in [-0.1, -0.05) is 35.5 Å². The Hall–Kier alpha value is -3.23. The lowest BCUT2D eigenvalue weighted by molar-refractivity contribution is -0.120. The zero-order valence-corrected chi connectivity index (χ0v) is 19.8. The maximum absolute atomic E-state index is 12.7. The van der Waals surface area contributed by atoms with Gasteiger partial charge in [0, 0.05) is 11.3 Å². The summed E-state index contributed by atoms with van der Waals surface area (Å²) in [6.45, 7) is 4.68. The molecule has 1 N–H and O–H groups in total. The second-order valence-electron chi connectivity index (χ2n) is 7.11. The molecule has 0 spiro atoms. The van der Waals surface area contributed by atoms with Crippen molar-refractivity contribution in [3.63, 3.8) is 0 Å². The molecular weight excluding hydrogens is 460 g/mol. The maximum atomic E-state index is 12.7. The van der Waals surface area contributed by atoms with Crippen molar-refractivity contribution in [3.05, 3.63) is 77.7 Å². The molecule has 0 saturated carbocycles. The summed E-state index contributed by atoms with van der Waals surface area (Å²) in [6.07, 6.45) is 1.58. The van der Waals surface area contributed by atoms with E-state index in [1.54, 1.807) is 12.3 Å². The predicted octanol–water partition coefficient (Wildman–Crippen LogP) is 5.38. The number of carbonyl (C=O) groups excluding carboxylic acids is 1. The number of nitrogens with zero attached hydrogens (tertiary/aromatic N) is 3. The van der Waals surface area contributed by atoms with Gasteiger partial charge < -0.3 is 14.5 Å². The Morgan fingerprint density at radius 3 is 2.64 bits per heavy atom. The van der Waals surface area contributed by atoms with Gasteiger partial charge in [0.05, 0.1) is 29.7 Å². The zero-order chi connectivity index (χ0) is 23.2. The van der Waals surface area contributed by atoms with Crippen LogP contribution in [-0.2, 0) is 11.3 Å². The Morgan fingerprint density at radius 2 is 1.94 bits per heavy atom. The van der Waals surface area contributed by atoms with Crippen LogP contribution in [0.2, 0.25) is 5.02 Å². The molecule has 4 rings (SSSR count). The number of halogens is 1. The lowest BCUT2D eigenvalue weighted by atomic mass is 10.2. The van der Waals surface area contributed by atoms with E-state index in [-0.39, 0.29) is 5.91 Å². The molecule has 33 heavy (non-hydrogen) atoms. The number of nitrogens with one attached hydrogen (secondary N) is 1. The predicted molar refractivity (Wildman–Crippen MR) is 129 cm³/mol. The Bertz CT molecular complexity index is 1210. The van der Waals surface area contributed by atoms with Gasteiger partial charge in [-0.05, 0) is 62.4 Å². The van der Waals surface area contributed by atoms with Crippen LogP contribution in [0.5, 0.6) is 5.75 Å². The minimum atomic E-state index is -0.412. The van der Waals surface area contributed by atoms with Crippen LogP contribution in [0, 0.1) is 0 Å². The summed E-state index contributed by atoms with van der Waals surface area (Å²) < 4.78 is 12.7. The summed E-state index contributed by atoms with van der Waals surface area (Å²) in [7, 11) is 0. The first kappa shape index (κ1) is 22.9. The van der Waals surface area contributed by atoms with Gasteiger partial charge >= 0.3 is 0 Å². The number of hydrogen-bond acceptors (Lipinski definition) is 6. The molecule has 0 saturated heterocycles. The number of amides is 1. The number of ether oxygens (including phenoxy) is 1. The van der Waals surface area contributed by atoms with Gasteiger partial charge in [-0.15, -0.1) is 10.2 Å². The summed E-state index contributed by atoms with van der Waals surface area (Å²) in [4.78, 5) is 12.7. The van der Waals surface area contributed by atoms with E-state index in [1.807, 2.05) is 73.0 Å². The third kappa shape index (κ3) is 5.40. The van der Waals surface area contributed by atoms with Gasteiger partial charge in [0.2, 0.25) is 5.91 Å². The molecule has 0 bridgehead atoms. The van der Waals surface area contributed by atoms with E-state index >= 15 is 0 Å². The van der Waals surface area contributed by atoms with Crippen molar-refractivity contribution >= 4 is 29.3 Å². The van der Waals surface area contributed by atoms with Crippen molar-refractivity contribution in [1.82, 2.24) is 20.1 Å². The fourth-order valence-corrected chi connectivity index (χ4v) is 4.31. The summed E-state index contributed by atoms with van der Waals surface area (Å²) in [5.41, 5.74) is 1.59. The standard InChI is InChI=1S/C24H23ClN4O3S/c1-3-31-18-12-10-17(11-13-18)29-22(20-8-4-5-9-21(20)25)27-28-24(29)33-16(2)23(30)26-15-19-7-6-14-32-19/h4-14,16H,3,15H2,1-2H3,(H,26,30)/t16-/m1/s1. The Labute approximate surface area is 201 Å². The van der Waals surface area contributed by atoms with Gasteiger partial charge in [-0.3, -0.25) is 9.36 Å². The van der Waals surface area contributed by atoms with Crippen molar-refractivity contribution in [2.24, 2.45) is 0 Å². The molecule has 2 aromatic carbocycles. The normalized spacial score (nSPS) is 11.8. The maximum Gasteiger partial charge on any atom is 0.233 e. The molecular formula is C24H23ClN4O3S. The molecule has 0 fully saturated rings. The van der Waals surface area contributed by atoms with Crippen molar-refractivity contribution in [3.8, 4) is 22.8 Å². The molecule has 7 nitrogen and oxygen atoms in total. The molecule has 170 valence electrons. The summed E-state index contributed by atoms with van der Waals surface area (Å²) in [5, 5.41) is 12.4. The van der Waals surface area contributed by atoms with Crippen molar-refractivity contribution in [2.45, 2.75) is 30.8 Å². The van der Waals surface area contributed by atoms with Gasteiger partial charge in [0.1, 0.15) is 11.5 Å². The third-order valence-corrected chi connectivity index (χ3v) is 6.19. The Balaban J connectivity index is 1.63. The highest BCUT2D eigenvalue weighted by atomic mass is 35.5. The fraction of sp³-hybridized carbons (Fsp3) is 0.208. The Kier molecular flexibility index (Phi) is 7.36. The average molecular weight is 483 g/mol. The molecule has 9 heteroatoms.